The first-order valence-corrected chi connectivity index (χ1v) is 6.91. The summed E-state index contributed by atoms with van der Waals surface area (Å²) in [4.78, 5) is 19.1. The number of phenols is 1. The van der Waals surface area contributed by atoms with E-state index in [1.54, 1.807) is 23.9 Å². The molecule has 1 aliphatic rings. The quantitative estimate of drug-likeness (QED) is 0.876. The number of ether oxygens (including phenoxy) is 1. The molecular weight excluding hydrogens is 264 g/mol. The van der Waals surface area contributed by atoms with E-state index in [4.69, 9.17) is 4.74 Å². The number of thioether (sulfide) groups is 1. The second-order valence-electron chi connectivity index (χ2n) is 4.22. The van der Waals surface area contributed by atoms with E-state index < -0.39 is 0 Å². The lowest BCUT2D eigenvalue weighted by Gasteiger charge is -2.07. The van der Waals surface area contributed by atoms with Crippen molar-refractivity contribution in [1.29, 1.82) is 0 Å². The molecular formula is C13H12N2O3S. The average molecular weight is 276 g/mol. The van der Waals surface area contributed by atoms with Crippen LogP contribution in [0.2, 0.25) is 0 Å². The summed E-state index contributed by atoms with van der Waals surface area (Å²) >= 11 is 1.68. The van der Waals surface area contributed by atoms with E-state index in [-0.39, 0.29) is 11.3 Å². The molecule has 0 atom stereocenters. The van der Waals surface area contributed by atoms with Gasteiger partial charge in [0.1, 0.15) is 5.82 Å². The third-order valence-corrected chi connectivity index (χ3v) is 4.01. The van der Waals surface area contributed by atoms with Crippen LogP contribution in [0.4, 0.5) is 0 Å². The third kappa shape index (κ3) is 2.08. The van der Waals surface area contributed by atoms with Gasteiger partial charge in [-0.1, -0.05) is 0 Å². The number of fused-ring (bicyclic) bond motifs is 1. The van der Waals surface area contributed by atoms with Gasteiger partial charge in [0.25, 0.3) is 5.56 Å². The van der Waals surface area contributed by atoms with Gasteiger partial charge in [-0.15, -0.1) is 0 Å². The van der Waals surface area contributed by atoms with Crippen LogP contribution >= 0.6 is 11.8 Å². The molecule has 0 spiro atoms. The number of rotatable bonds is 2. The van der Waals surface area contributed by atoms with E-state index in [9.17, 15) is 9.90 Å². The third-order valence-electron chi connectivity index (χ3n) is 3.04. The Hall–Kier alpha value is -1.95. The SMILES string of the molecule is COc1ccc(-c2nc3c(c(=O)[nH]2)CSC3)cc1O. The second kappa shape index (κ2) is 4.62. The van der Waals surface area contributed by atoms with Crippen LogP contribution < -0.4 is 10.3 Å². The molecule has 0 unspecified atom stereocenters. The van der Waals surface area contributed by atoms with Crippen molar-refractivity contribution in [2.75, 3.05) is 7.11 Å². The van der Waals surface area contributed by atoms with Crippen LogP contribution in [0.1, 0.15) is 11.3 Å². The predicted molar refractivity (Wildman–Crippen MR) is 73.5 cm³/mol. The van der Waals surface area contributed by atoms with Crippen LogP contribution in [0.5, 0.6) is 11.5 Å². The van der Waals surface area contributed by atoms with Gasteiger partial charge in [0.2, 0.25) is 0 Å². The summed E-state index contributed by atoms with van der Waals surface area (Å²) in [7, 11) is 1.49. The van der Waals surface area contributed by atoms with Crippen LogP contribution in [0.15, 0.2) is 23.0 Å². The van der Waals surface area contributed by atoms with Crippen molar-refractivity contribution in [2.45, 2.75) is 11.5 Å². The summed E-state index contributed by atoms with van der Waals surface area (Å²) in [6.07, 6.45) is 0. The topological polar surface area (TPSA) is 75.2 Å². The standard InChI is InChI=1S/C13H12N2O3S/c1-18-11-3-2-7(4-10(11)16)12-14-9-6-19-5-8(9)13(17)15-12/h2-4,16H,5-6H2,1H3,(H,14,15,17). The Balaban J connectivity index is 2.10. The average Bonchev–Trinajstić information content (AvgIpc) is 2.87. The van der Waals surface area contributed by atoms with Gasteiger partial charge in [-0.3, -0.25) is 4.79 Å². The minimum absolute atomic E-state index is 0.0255. The zero-order valence-corrected chi connectivity index (χ0v) is 11.1. The van der Waals surface area contributed by atoms with Gasteiger partial charge in [-0.25, -0.2) is 4.98 Å². The molecule has 0 saturated carbocycles. The van der Waals surface area contributed by atoms with Crippen molar-refractivity contribution in [3.8, 4) is 22.9 Å². The van der Waals surface area contributed by atoms with Crippen molar-refractivity contribution < 1.29 is 9.84 Å². The van der Waals surface area contributed by atoms with Gasteiger partial charge >= 0.3 is 0 Å². The fraction of sp³-hybridized carbons (Fsp3) is 0.231. The number of phenolic OH excluding ortho intramolecular Hbond substituents is 1. The number of aromatic amines is 1. The molecule has 2 N–H and O–H groups in total. The molecule has 6 heteroatoms. The Bertz CT molecular complexity index is 697. The summed E-state index contributed by atoms with van der Waals surface area (Å²) in [6.45, 7) is 0. The highest BCUT2D eigenvalue weighted by molar-refractivity contribution is 7.98. The van der Waals surface area contributed by atoms with Crippen LogP contribution in [-0.2, 0) is 11.5 Å². The van der Waals surface area contributed by atoms with Crippen LogP contribution in [-0.4, -0.2) is 22.2 Å². The van der Waals surface area contributed by atoms with Gasteiger partial charge in [-0.05, 0) is 18.2 Å². The van der Waals surface area contributed by atoms with Gasteiger partial charge in [0.05, 0.1) is 12.8 Å². The Morgan fingerprint density at radius 2 is 2.26 bits per heavy atom. The molecule has 19 heavy (non-hydrogen) atoms. The Labute approximate surface area is 113 Å². The molecule has 2 aromatic rings. The van der Waals surface area contributed by atoms with Crippen LogP contribution in [0, 0.1) is 0 Å². The zero-order chi connectivity index (χ0) is 13.4. The molecule has 0 fully saturated rings. The van der Waals surface area contributed by atoms with Crippen LogP contribution in [0.3, 0.4) is 0 Å². The van der Waals surface area contributed by atoms with Crippen molar-refractivity contribution in [1.82, 2.24) is 9.97 Å². The Morgan fingerprint density at radius 1 is 1.42 bits per heavy atom. The highest BCUT2D eigenvalue weighted by Crippen LogP contribution is 2.31. The monoisotopic (exact) mass is 276 g/mol. The van der Waals surface area contributed by atoms with E-state index in [2.05, 4.69) is 9.97 Å². The van der Waals surface area contributed by atoms with Crippen molar-refractivity contribution in [3.63, 3.8) is 0 Å². The van der Waals surface area contributed by atoms with Crippen molar-refractivity contribution >= 4 is 11.8 Å². The zero-order valence-electron chi connectivity index (χ0n) is 10.3. The Kier molecular flexibility index (Phi) is 2.94. The second-order valence-corrected chi connectivity index (χ2v) is 5.20. The molecule has 0 radical (unpaired) electrons. The molecule has 0 bridgehead atoms. The maximum Gasteiger partial charge on any atom is 0.255 e. The van der Waals surface area contributed by atoms with E-state index in [0.717, 1.165) is 17.0 Å². The molecule has 1 aliphatic heterocycles. The van der Waals surface area contributed by atoms with E-state index in [0.29, 0.717) is 22.9 Å². The number of nitrogens with zero attached hydrogens (tertiary/aromatic N) is 1. The number of hydrogen-bond acceptors (Lipinski definition) is 5. The first-order valence-electron chi connectivity index (χ1n) is 5.76. The lowest BCUT2D eigenvalue weighted by atomic mass is 10.1. The summed E-state index contributed by atoms with van der Waals surface area (Å²) in [5.74, 6) is 2.37. The lowest BCUT2D eigenvalue weighted by molar-refractivity contribution is 0.373. The van der Waals surface area contributed by atoms with Crippen LogP contribution in [0.25, 0.3) is 11.4 Å². The normalized spacial score (nSPS) is 13.3. The van der Waals surface area contributed by atoms with Crippen molar-refractivity contribution in [2.24, 2.45) is 0 Å². The van der Waals surface area contributed by atoms with E-state index in [1.807, 2.05) is 0 Å². The minimum atomic E-state index is -0.0969. The summed E-state index contributed by atoms with van der Waals surface area (Å²) in [6, 6.07) is 4.93. The largest absolute Gasteiger partial charge is 0.504 e. The molecule has 1 aromatic carbocycles. The van der Waals surface area contributed by atoms with E-state index >= 15 is 0 Å². The number of benzene rings is 1. The molecule has 1 aromatic heterocycles. The fourth-order valence-corrected chi connectivity index (χ4v) is 3.07. The molecule has 98 valence electrons. The summed E-state index contributed by atoms with van der Waals surface area (Å²) < 4.78 is 4.99. The summed E-state index contributed by atoms with van der Waals surface area (Å²) in [5.41, 5.74) is 2.15. The minimum Gasteiger partial charge on any atom is -0.504 e. The number of aromatic hydroxyl groups is 1. The number of nitrogens with one attached hydrogen (secondary N) is 1. The van der Waals surface area contributed by atoms with Gasteiger partial charge in [0.15, 0.2) is 11.5 Å². The number of hydrogen-bond donors (Lipinski definition) is 2. The van der Waals surface area contributed by atoms with Gasteiger partial charge in [0, 0.05) is 22.6 Å². The lowest BCUT2D eigenvalue weighted by Crippen LogP contribution is -2.15. The van der Waals surface area contributed by atoms with Crippen molar-refractivity contribution in [3.05, 3.63) is 39.8 Å². The predicted octanol–water partition coefficient (Wildman–Crippen LogP) is 1.90. The fourth-order valence-electron chi connectivity index (χ4n) is 2.04. The number of methoxy groups -OCH3 is 1. The van der Waals surface area contributed by atoms with Gasteiger partial charge < -0.3 is 14.8 Å². The van der Waals surface area contributed by atoms with E-state index in [1.165, 1.54) is 13.2 Å². The highest BCUT2D eigenvalue weighted by atomic mass is 32.2. The molecule has 0 amide bonds. The molecule has 0 aliphatic carbocycles. The van der Waals surface area contributed by atoms with Gasteiger partial charge in [-0.2, -0.15) is 11.8 Å². The first kappa shape index (κ1) is 12.1. The smallest absolute Gasteiger partial charge is 0.255 e. The maximum atomic E-state index is 11.9. The number of aromatic nitrogens is 2. The Morgan fingerprint density at radius 3 is 3.00 bits per heavy atom. The summed E-state index contributed by atoms with van der Waals surface area (Å²) in [5, 5.41) is 9.77. The highest BCUT2D eigenvalue weighted by Gasteiger charge is 2.18. The maximum absolute atomic E-state index is 11.9. The molecule has 5 nitrogen and oxygen atoms in total. The first-order chi connectivity index (χ1) is 9.19. The molecule has 0 saturated heterocycles. The number of H-pyrrole nitrogens is 1. The molecule has 3 rings (SSSR count). The molecule has 2 heterocycles.